The third kappa shape index (κ3) is 4.30. The maximum Gasteiger partial charge on any atom is 0.251 e. The fourth-order valence-corrected chi connectivity index (χ4v) is 1.60. The van der Waals surface area contributed by atoms with E-state index >= 15 is 0 Å². The van der Waals surface area contributed by atoms with E-state index in [1.54, 1.807) is 24.3 Å². The van der Waals surface area contributed by atoms with Gasteiger partial charge in [0.25, 0.3) is 5.91 Å². The first-order valence-corrected chi connectivity index (χ1v) is 6.11. The van der Waals surface area contributed by atoms with Crippen molar-refractivity contribution in [3.63, 3.8) is 0 Å². The number of aliphatic hydroxyl groups is 1. The third-order valence-corrected chi connectivity index (χ3v) is 2.67. The van der Waals surface area contributed by atoms with Gasteiger partial charge in [0.2, 0.25) is 0 Å². The number of carbonyl (C=O) groups is 2. The van der Waals surface area contributed by atoms with E-state index < -0.39 is 6.10 Å². The molecule has 1 amide bonds. The SMILES string of the molecule is CCCC(O)CNC(=O)c1ccc(C(C)=O)cc1. The number of benzene rings is 1. The summed E-state index contributed by atoms with van der Waals surface area (Å²) in [5.41, 5.74) is 1.07. The summed E-state index contributed by atoms with van der Waals surface area (Å²) in [4.78, 5) is 22.8. The number of nitrogens with one attached hydrogen (secondary N) is 1. The second-order valence-electron chi connectivity index (χ2n) is 4.29. The second kappa shape index (κ2) is 6.91. The minimum absolute atomic E-state index is 0.0275. The number of hydrogen-bond donors (Lipinski definition) is 2. The van der Waals surface area contributed by atoms with Crippen LogP contribution in [0.15, 0.2) is 24.3 Å². The first kappa shape index (κ1) is 14.4. The highest BCUT2D eigenvalue weighted by molar-refractivity contribution is 5.97. The Morgan fingerprint density at radius 2 is 1.78 bits per heavy atom. The van der Waals surface area contributed by atoms with Crippen molar-refractivity contribution >= 4 is 11.7 Å². The van der Waals surface area contributed by atoms with Crippen molar-refractivity contribution in [2.24, 2.45) is 0 Å². The van der Waals surface area contributed by atoms with Crippen LogP contribution in [0.25, 0.3) is 0 Å². The summed E-state index contributed by atoms with van der Waals surface area (Å²) >= 11 is 0. The Bertz CT molecular complexity index is 412. The van der Waals surface area contributed by atoms with Gasteiger partial charge in [-0.25, -0.2) is 0 Å². The van der Waals surface area contributed by atoms with Gasteiger partial charge in [-0.1, -0.05) is 25.5 Å². The molecule has 0 fully saturated rings. The minimum Gasteiger partial charge on any atom is -0.391 e. The summed E-state index contributed by atoms with van der Waals surface area (Å²) in [6, 6.07) is 6.47. The maximum absolute atomic E-state index is 11.7. The van der Waals surface area contributed by atoms with E-state index in [1.165, 1.54) is 6.92 Å². The molecule has 0 aliphatic rings. The highest BCUT2D eigenvalue weighted by Gasteiger charge is 2.08. The van der Waals surface area contributed by atoms with E-state index in [2.05, 4.69) is 5.32 Å². The average molecular weight is 249 g/mol. The van der Waals surface area contributed by atoms with Crippen LogP contribution < -0.4 is 5.32 Å². The van der Waals surface area contributed by atoms with Gasteiger partial charge in [0, 0.05) is 17.7 Å². The normalized spacial score (nSPS) is 11.9. The summed E-state index contributed by atoms with van der Waals surface area (Å²) in [7, 11) is 0. The van der Waals surface area contributed by atoms with Crippen molar-refractivity contribution in [3.05, 3.63) is 35.4 Å². The molecule has 0 saturated heterocycles. The molecule has 0 spiro atoms. The number of ketones is 1. The van der Waals surface area contributed by atoms with E-state index in [-0.39, 0.29) is 18.2 Å². The summed E-state index contributed by atoms with van der Waals surface area (Å²) < 4.78 is 0. The lowest BCUT2D eigenvalue weighted by atomic mass is 10.1. The van der Waals surface area contributed by atoms with Crippen molar-refractivity contribution in [2.75, 3.05) is 6.54 Å². The Balaban J connectivity index is 2.54. The Kier molecular flexibility index (Phi) is 5.52. The third-order valence-electron chi connectivity index (χ3n) is 2.67. The first-order chi connectivity index (χ1) is 8.54. The molecule has 4 nitrogen and oxygen atoms in total. The molecule has 0 radical (unpaired) electrons. The van der Waals surface area contributed by atoms with E-state index in [0.717, 1.165) is 6.42 Å². The van der Waals surface area contributed by atoms with Gasteiger partial charge in [0.1, 0.15) is 0 Å². The molecule has 2 N–H and O–H groups in total. The summed E-state index contributed by atoms with van der Waals surface area (Å²) in [5, 5.41) is 12.2. The molecule has 0 aromatic heterocycles. The predicted octanol–water partition coefficient (Wildman–Crippen LogP) is 1.78. The molecule has 1 aromatic rings. The molecule has 0 heterocycles. The van der Waals surface area contributed by atoms with E-state index in [9.17, 15) is 14.7 Å². The highest BCUT2D eigenvalue weighted by atomic mass is 16.3. The molecule has 0 bridgehead atoms. The molecular weight excluding hydrogens is 230 g/mol. The Labute approximate surface area is 107 Å². The fourth-order valence-electron chi connectivity index (χ4n) is 1.60. The minimum atomic E-state index is -0.504. The van der Waals surface area contributed by atoms with Gasteiger partial charge in [0.05, 0.1) is 6.10 Å². The molecule has 0 aliphatic carbocycles. The van der Waals surface area contributed by atoms with Crippen molar-refractivity contribution in [1.29, 1.82) is 0 Å². The lowest BCUT2D eigenvalue weighted by molar-refractivity contribution is 0.0909. The molecular formula is C14H19NO3. The molecule has 1 unspecified atom stereocenters. The van der Waals surface area contributed by atoms with E-state index in [0.29, 0.717) is 17.5 Å². The number of Topliss-reactive ketones (excluding diaryl/α,β-unsaturated/α-hetero) is 1. The number of amides is 1. The Hall–Kier alpha value is -1.68. The highest BCUT2D eigenvalue weighted by Crippen LogP contribution is 2.05. The fraction of sp³-hybridized carbons (Fsp3) is 0.429. The lowest BCUT2D eigenvalue weighted by Gasteiger charge is -2.10. The van der Waals surface area contributed by atoms with E-state index in [1.807, 2.05) is 6.92 Å². The Morgan fingerprint density at radius 3 is 2.28 bits per heavy atom. The van der Waals surface area contributed by atoms with Gasteiger partial charge >= 0.3 is 0 Å². The van der Waals surface area contributed by atoms with Crippen LogP contribution in [0.1, 0.15) is 47.4 Å². The average Bonchev–Trinajstić information content (AvgIpc) is 2.36. The topological polar surface area (TPSA) is 66.4 Å². The van der Waals surface area contributed by atoms with Crippen LogP contribution in [0.4, 0.5) is 0 Å². The monoisotopic (exact) mass is 249 g/mol. The molecule has 18 heavy (non-hydrogen) atoms. The molecule has 1 rings (SSSR count). The van der Waals surface area contributed by atoms with Crippen LogP contribution in [-0.2, 0) is 0 Å². The van der Waals surface area contributed by atoms with Crippen LogP contribution in [0, 0.1) is 0 Å². The van der Waals surface area contributed by atoms with Gasteiger partial charge in [-0.3, -0.25) is 9.59 Å². The molecule has 0 aliphatic heterocycles. The molecule has 1 atom stereocenters. The molecule has 98 valence electrons. The number of hydrogen-bond acceptors (Lipinski definition) is 3. The smallest absolute Gasteiger partial charge is 0.251 e. The van der Waals surface area contributed by atoms with Gasteiger partial charge < -0.3 is 10.4 Å². The standard InChI is InChI=1S/C14H19NO3/c1-3-4-13(17)9-15-14(18)12-7-5-11(6-8-12)10(2)16/h5-8,13,17H,3-4,9H2,1-2H3,(H,15,18). The van der Waals surface area contributed by atoms with Gasteiger partial charge in [-0.2, -0.15) is 0 Å². The van der Waals surface area contributed by atoms with Crippen molar-refractivity contribution in [3.8, 4) is 0 Å². The van der Waals surface area contributed by atoms with Gasteiger partial charge in [0.15, 0.2) is 5.78 Å². The van der Waals surface area contributed by atoms with Crippen LogP contribution in [-0.4, -0.2) is 29.4 Å². The summed E-state index contributed by atoms with van der Waals surface area (Å²) in [5.74, 6) is -0.263. The van der Waals surface area contributed by atoms with Crippen molar-refractivity contribution in [2.45, 2.75) is 32.8 Å². The molecule has 4 heteroatoms. The van der Waals surface area contributed by atoms with Crippen LogP contribution in [0.2, 0.25) is 0 Å². The quantitative estimate of drug-likeness (QED) is 0.755. The number of carbonyl (C=O) groups excluding carboxylic acids is 2. The molecule has 1 aromatic carbocycles. The van der Waals surface area contributed by atoms with Crippen molar-refractivity contribution in [1.82, 2.24) is 5.32 Å². The summed E-state index contributed by atoms with van der Waals surface area (Å²) in [6.45, 7) is 3.71. The van der Waals surface area contributed by atoms with Crippen molar-refractivity contribution < 1.29 is 14.7 Å². The lowest BCUT2D eigenvalue weighted by Crippen LogP contribution is -2.31. The zero-order valence-corrected chi connectivity index (χ0v) is 10.8. The van der Waals surface area contributed by atoms with Crippen LogP contribution in [0.3, 0.4) is 0 Å². The number of rotatable bonds is 6. The predicted molar refractivity (Wildman–Crippen MR) is 69.7 cm³/mol. The molecule has 0 saturated carbocycles. The van der Waals surface area contributed by atoms with Crippen LogP contribution >= 0.6 is 0 Å². The Morgan fingerprint density at radius 1 is 1.22 bits per heavy atom. The van der Waals surface area contributed by atoms with Crippen LogP contribution in [0.5, 0.6) is 0 Å². The van der Waals surface area contributed by atoms with E-state index in [4.69, 9.17) is 0 Å². The largest absolute Gasteiger partial charge is 0.391 e. The zero-order chi connectivity index (χ0) is 13.5. The van der Waals surface area contributed by atoms with Gasteiger partial charge in [-0.05, 0) is 25.5 Å². The summed E-state index contributed by atoms with van der Waals surface area (Å²) in [6.07, 6.45) is 1.05. The maximum atomic E-state index is 11.7. The zero-order valence-electron chi connectivity index (χ0n) is 10.8. The first-order valence-electron chi connectivity index (χ1n) is 6.11. The number of aliphatic hydroxyl groups excluding tert-OH is 1. The second-order valence-corrected chi connectivity index (χ2v) is 4.29. The van der Waals surface area contributed by atoms with Gasteiger partial charge in [-0.15, -0.1) is 0 Å².